The molecule has 1 aliphatic rings. The number of Topliss-reactive ketones (excluding diaryl/α,β-unsaturated/α-hetero) is 1. The van der Waals surface area contributed by atoms with E-state index >= 15 is 0 Å². The van der Waals surface area contributed by atoms with Crippen LogP contribution in [0.4, 0.5) is 0 Å². The van der Waals surface area contributed by atoms with Gasteiger partial charge in [-0.1, -0.05) is 46.8 Å². The number of hydrogen-bond donors (Lipinski definition) is 0. The van der Waals surface area contributed by atoms with Crippen molar-refractivity contribution in [3.05, 3.63) is 76.0 Å². The van der Waals surface area contributed by atoms with E-state index in [-0.39, 0.29) is 24.8 Å². The van der Waals surface area contributed by atoms with Crippen molar-refractivity contribution in [2.24, 2.45) is 0 Å². The van der Waals surface area contributed by atoms with E-state index in [1.165, 1.54) is 6.08 Å². The Morgan fingerprint density at radius 2 is 2.04 bits per heavy atom. The summed E-state index contributed by atoms with van der Waals surface area (Å²) in [5.41, 5.74) is 1.95. The number of carbonyl (C=O) groups is 2. The highest BCUT2D eigenvalue weighted by molar-refractivity contribution is 9.10. The molecule has 1 aliphatic heterocycles. The van der Waals surface area contributed by atoms with E-state index in [2.05, 4.69) is 22.5 Å². The molecule has 0 bridgehead atoms. The Kier molecular flexibility index (Phi) is 5.76. The van der Waals surface area contributed by atoms with E-state index in [1.54, 1.807) is 25.1 Å². The number of hydrogen-bond acceptors (Lipinski definition) is 5. The maximum absolute atomic E-state index is 12.6. The number of ketones is 1. The van der Waals surface area contributed by atoms with Crippen molar-refractivity contribution < 1.29 is 23.8 Å². The number of ether oxygens (including phenoxy) is 3. The highest BCUT2D eigenvalue weighted by Crippen LogP contribution is 2.39. The van der Waals surface area contributed by atoms with Crippen molar-refractivity contribution in [2.75, 3.05) is 13.2 Å². The fraction of sp³-hybridized carbons (Fsp3) is 0.143. The maximum Gasteiger partial charge on any atom is 0.344 e. The second-order valence-electron chi connectivity index (χ2n) is 5.79. The Balaban J connectivity index is 1.80. The molecule has 138 valence electrons. The lowest BCUT2D eigenvalue weighted by molar-refractivity contribution is -0.144. The van der Waals surface area contributed by atoms with Gasteiger partial charge in [-0.05, 0) is 36.8 Å². The second kappa shape index (κ2) is 8.22. The minimum Gasteiger partial charge on any atom is -0.481 e. The van der Waals surface area contributed by atoms with Crippen molar-refractivity contribution in [3.63, 3.8) is 0 Å². The van der Waals surface area contributed by atoms with Crippen LogP contribution in [0.2, 0.25) is 0 Å². The first-order valence-corrected chi connectivity index (χ1v) is 9.02. The fourth-order valence-electron chi connectivity index (χ4n) is 2.59. The molecule has 0 unspecified atom stereocenters. The summed E-state index contributed by atoms with van der Waals surface area (Å²) >= 11 is 3.46. The summed E-state index contributed by atoms with van der Waals surface area (Å²) < 4.78 is 17.0. The normalized spacial score (nSPS) is 13.9. The van der Waals surface area contributed by atoms with Gasteiger partial charge in [0.25, 0.3) is 0 Å². The van der Waals surface area contributed by atoms with Crippen molar-refractivity contribution in [3.8, 4) is 11.5 Å². The molecule has 0 aliphatic carbocycles. The molecule has 0 aromatic heterocycles. The molecule has 6 heteroatoms. The molecule has 0 saturated carbocycles. The second-order valence-corrected chi connectivity index (χ2v) is 6.64. The van der Waals surface area contributed by atoms with Gasteiger partial charge in [0.15, 0.2) is 12.4 Å². The summed E-state index contributed by atoms with van der Waals surface area (Å²) in [5.74, 6) is 0.444. The molecule has 0 amide bonds. The number of fused-ring (bicyclic) bond motifs is 1. The molecule has 0 spiro atoms. The third-order valence-corrected chi connectivity index (χ3v) is 4.66. The van der Waals surface area contributed by atoms with E-state index in [0.29, 0.717) is 22.6 Å². The van der Waals surface area contributed by atoms with Crippen LogP contribution in [0.1, 0.15) is 21.5 Å². The Hall–Kier alpha value is -2.86. The van der Waals surface area contributed by atoms with Crippen molar-refractivity contribution in [2.45, 2.75) is 6.92 Å². The van der Waals surface area contributed by atoms with Gasteiger partial charge in [0.05, 0.1) is 5.56 Å². The van der Waals surface area contributed by atoms with Gasteiger partial charge in [0.1, 0.15) is 18.1 Å². The van der Waals surface area contributed by atoms with Crippen molar-refractivity contribution in [1.29, 1.82) is 0 Å². The van der Waals surface area contributed by atoms with Gasteiger partial charge < -0.3 is 14.2 Å². The van der Waals surface area contributed by atoms with Crippen LogP contribution in [0.5, 0.6) is 11.5 Å². The summed E-state index contributed by atoms with van der Waals surface area (Å²) in [5, 5.41) is 0. The summed E-state index contributed by atoms with van der Waals surface area (Å²) in [6.07, 6.45) is 3.18. The zero-order valence-corrected chi connectivity index (χ0v) is 16.2. The molecule has 0 fully saturated rings. The molecule has 0 atom stereocenters. The van der Waals surface area contributed by atoms with Crippen LogP contribution >= 0.6 is 15.9 Å². The van der Waals surface area contributed by atoms with Crippen LogP contribution in [0.25, 0.3) is 6.08 Å². The Bertz CT molecular complexity index is 946. The average molecular weight is 429 g/mol. The first kappa shape index (κ1) is 18.9. The molecule has 1 heterocycles. The highest BCUT2D eigenvalue weighted by atomic mass is 79.9. The number of halogens is 1. The molecule has 0 N–H and O–H groups in total. The molecular weight excluding hydrogens is 412 g/mol. The van der Waals surface area contributed by atoms with E-state index in [1.807, 2.05) is 24.3 Å². The number of rotatable bonds is 6. The number of esters is 1. The van der Waals surface area contributed by atoms with Gasteiger partial charge in [-0.3, -0.25) is 4.79 Å². The first-order chi connectivity index (χ1) is 13.0. The Morgan fingerprint density at radius 1 is 1.26 bits per heavy atom. The predicted octanol–water partition coefficient (Wildman–Crippen LogP) is 4.48. The van der Waals surface area contributed by atoms with Crippen LogP contribution in [-0.4, -0.2) is 25.0 Å². The smallest absolute Gasteiger partial charge is 0.344 e. The summed E-state index contributed by atoms with van der Waals surface area (Å²) in [6.45, 7) is 5.15. The Morgan fingerprint density at radius 3 is 2.78 bits per heavy atom. The first-order valence-electron chi connectivity index (χ1n) is 8.23. The van der Waals surface area contributed by atoms with Crippen LogP contribution in [0.15, 0.2) is 59.3 Å². The van der Waals surface area contributed by atoms with E-state index < -0.39 is 5.97 Å². The minimum atomic E-state index is -0.499. The van der Waals surface area contributed by atoms with Crippen LogP contribution in [0.3, 0.4) is 0 Å². The summed E-state index contributed by atoms with van der Waals surface area (Å²) in [4.78, 5) is 24.2. The number of benzene rings is 2. The SMILES string of the molecule is C=CCOC(=O)COc1ccc2c(c1C)O/C(=C\c1ccccc1Br)C2=O. The van der Waals surface area contributed by atoms with E-state index in [0.717, 1.165) is 10.0 Å². The maximum atomic E-state index is 12.6. The van der Waals surface area contributed by atoms with Crippen LogP contribution in [-0.2, 0) is 9.53 Å². The Labute approximate surface area is 165 Å². The van der Waals surface area contributed by atoms with Gasteiger partial charge in [0, 0.05) is 10.0 Å². The van der Waals surface area contributed by atoms with E-state index in [4.69, 9.17) is 14.2 Å². The van der Waals surface area contributed by atoms with Gasteiger partial charge >= 0.3 is 5.97 Å². The van der Waals surface area contributed by atoms with Gasteiger partial charge in [-0.15, -0.1) is 0 Å². The fourth-order valence-corrected chi connectivity index (χ4v) is 2.99. The van der Waals surface area contributed by atoms with Crippen LogP contribution in [0, 0.1) is 6.92 Å². The summed E-state index contributed by atoms with van der Waals surface area (Å²) in [6, 6.07) is 10.8. The lowest BCUT2D eigenvalue weighted by Gasteiger charge is -2.11. The third kappa shape index (κ3) is 4.11. The molecule has 0 saturated heterocycles. The lowest BCUT2D eigenvalue weighted by atomic mass is 10.1. The number of carbonyl (C=O) groups excluding carboxylic acids is 2. The standard InChI is InChI=1S/C21H17BrO5/c1-3-10-25-19(23)12-26-17-9-8-15-20(24)18(27-21(15)13(17)2)11-14-6-4-5-7-16(14)22/h3-9,11H,1,10,12H2,2H3/b18-11-. The minimum absolute atomic E-state index is 0.131. The predicted molar refractivity (Wildman–Crippen MR) is 105 cm³/mol. The monoisotopic (exact) mass is 428 g/mol. The van der Waals surface area contributed by atoms with E-state index in [9.17, 15) is 9.59 Å². The zero-order valence-electron chi connectivity index (χ0n) is 14.7. The third-order valence-electron chi connectivity index (χ3n) is 3.94. The highest BCUT2D eigenvalue weighted by Gasteiger charge is 2.30. The molecule has 5 nitrogen and oxygen atoms in total. The van der Waals surface area contributed by atoms with Gasteiger partial charge in [-0.2, -0.15) is 0 Å². The van der Waals surface area contributed by atoms with Crippen molar-refractivity contribution >= 4 is 33.8 Å². The molecule has 2 aromatic rings. The molecule has 27 heavy (non-hydrogen) atoms. The van der Waals surface area contributed by atoms with Crippen molar-refractivity contribution in [1.82, 2.24) is 0 Å². The van der Waals surface area contributed by atoms with Gasteiger partial charge in [-0.25, -0.2) is 4.79 Å². The lowest BCUT2D eigenvalue weighted by Crippen LogP contribution is -2.15. The quantitative estimate of drug-likeness (QED) is 0.385. The average Bonchev–Trinajstić information content (AvgIpc) is 2.98. The largest absolute Gasteiger partial charge is 0.481 e. The molecule has 0 radical (unpaired) electrons. The van der Waals surface area contributed by atoms with Gasteiger partial charge in [0.2, 0.25) is 5.78 Å². The topological polar surface area (TPSA) is 61.8 Å². The summed E-state index contributed by atoms with van der Waals surface area (Å²) in [7, 11) is 0. The molecule has 3 rings (SSSR count). The number of allylic oxidation sites excluding steroid dienone is 1. The molecular formula is C21H17BrO5. The van der Waals surface area contributed by atoms with Crippen LogP contribution < -0.4 is 9.47 Å². The zero-order chi connectivity index (χ0) is 19.4. The molecule has 2 aromatic carbocycles.